The molecule has 0 spiro atoms. The summed E-state index contributed by atoms with van der Waals surface area (Å²) in [5.41, 5.74) is 8.74. The van der Waals surface area contributed by atoms with Crippen molar-refractivity contribution in [2.75, 3.05) is 0 Å². The highest BCUT2D eigenvalue weighted by Gasteiger charge is 2.62. The molecule has 0 amide bonds. The highest BCUT2D eigenvalue weighted by molar-refractivity contribution is 6.57. The van der Waals surface area contributed by atoms with E-state index in [-0.39, 0.29) is 0 Å². The summed E-state index contributed by atoms with van der Waals surface area (Å²) in [4.78, 5) is 0. The van der Waals surface area contributed by atoms with Crippen molar-refractivity contribution >= 4 is 91.8 Å². The molecule has 0 N–H and O–H groups in total. The molecule has 178 valence electrons. The van der Waals surface area contributed by atoms with Crippen molar-refractivity contribution in [2.24, 2.45) is 23.7 Å². The number of rotatable bonds is 0. The van der Waals surface area contributed by atoms with Crippen LogP contribution < -0.4 is 5.22 Å². The fourth-order valence-corrected chi connectivity index (χ4v) is 13.8. The lowest BCUT2D eigenvalue weighted by Crippen LogP contribution is -2.33. The van der Waals surface area contributed by atoms with E-state index in [0.29, 0.717) is 47.3 Å². The monoisotopic (exact) mass is 498 g/mol. The van der Waals surface area contributed by atoms with Gasteiger partial charge in [-0.25, -0.2) is 0 Å². The van der Waals surface area contributed by atoms with Crippen LogP contribution in [0.15, 0.2) is 60.7 Å². The van der Waals surface area contributed by atoms with Crippen LogP contribution in [-0.4, -0.2) is 0 Å². The van der Waals surface area contributed by atoms with Gasteiger partial charge in [-0.3, -0.25) is 0 Å². The van der Waals surface area contributed by atoms with Crippen molar-refractivity contribution in [1.29, 1.82) is 0 Å². The molecule has 1 saturated carbocycles. The topological polar surface area (TPSA) is 0 Å². The fraction of sp³-hybridized carbons (Fsp3) is 0.200. The number of benzene rings is 6. The Balaban J connectivity index is 1.45. The Morgan fingerprint density at radius 1 is 0.350 bits per heavy atom. The molecule has 9 aromatic carbocycles. The maximum Gasteiger partial charge on any atom is 0.00995 e. The van der Waals surface area contributed by atoms with Gasteiger partial charge in [0.1, 0.15) is 0 Å². The molecule has 8 unspecified atom stereocenters. The van der Waals surface area contributed by atoms with Crippen molar-refractivity contribution < 1.29 is 0 Å². The van der Waals surface area contributed by atoms with Gasteiger partial charge in [0.05, 0.1) is 0 Å². The third-order valence-electron chi connectivity index (χ3n) is 14.4. The average Bonchev–Trinajstić information content (AvgIpc) is 3.79. The summed E-state index contributed by atoms with van der Waals surface area (Å²) in [6, 6.07) is 15.1. The van der Waals surface area contributed by atoms with Gasteiger partial charge in [-0.2, -0.15) is 0 Å². The molecule has 16 rings (SSSR count). The number of fused-ring (bicyclic) bond motifs is 5. The van der Waals surface area contributed by atoms with E-state index in [2.05, 4.69) is 60.7 Å². The Morgan fingerprint density at radius 2 is 0.775 bits per heavy atom. The van der Waals surface area contributed by atoms with E-state index in [9.17, 15) is 0 Å². The highest BCUT2D eigenvalue weighted by atomic mass is 14.6. The van der Waals surface area contributed by atoms with Gasteiger partial charge in [-0.1, -0.05) is 66.3 Å². The average molecular weight is 499 g/mol. The lowest BCUT2D eigenvalue weighted by atomic mass is 9.64. The van der Waals surface area contributed by atoms with E-state index in [1.807, 2.05) is 5.57 Å². The van der Waals surface area contributed by atoms with Gasteiger partial charge in [-0.15, -0.1) is 0 Å². The first kappa shape index (κ1) is 16.8. The van der Waals surface area contributed by atoms with E-state index in [1.54, 1.807) is 92.1 Å². The molecule has 0 heteroatoms. The van der Waals surface area contributed by atoms with Crippen molar-refractivity contribution in [2.45, 2.75) is 23.7 Å². The molecule has 0 saturated heterocycles. The highest BCUT2D eigenvalue weighted by Crippen LogP contribution is 2.75. The predicted octanol–water partition coefficient (Wildman–Crippen LogP) is 8.98. The molecule has 0 radical (unpaired) electrons. The molecule has 9 aromatic rings. The molecule has 0 heterocycles. The van der Waals surface area contributed by atoms with Crippen LogP contribution in [0.5, 0.6) is 0 Å². The minimum Gasteiger partial charge on any atom is -0.0836 e. The number of allylic oxidation sites excluding steroid dienone is 4. The molecule has 40 heavy (non-hydrogen) atoms. The van der Waals surface area contributed by atoms with Gasteiger partial charge in [-0.05, 0) is 137 Å². The fourth-order valence-electron chi connectivity index (χ4n) is 13.8. The van der Waals surface area contributed by atoms with Gasteiger partial charge in [0.2, 0.25) is 0 Å². The number of hydrogen-bond acceptors (Lipinski definition) is 0. The molecular formula is C40H18. The Morgan fingerprint density at radius 3 is 1.27 bits per heavy atom. The Hall–Kier alpha value is -4.16. The summed E-state index contributed by atoms with van der Waals surface area (Å²) in [7, 11) is 0. The lowest BCUT2D eigenvalue weighted by molar-refractivity contribution is 0.314. The molecule has 0 aromatic heterocycles. The van der Waals surface area contributed by atoms with Gasteiger partial charge >= 0.3 is 0 Å². The maximum atomic E-state index is 2.71. The summed E-state index contributed by atoms with van der Waals surface area (Å²) in [6.45, 7) is 0. The van der Waals surface area contributed by atoms with E-state index >= 15 is 0 Å². The molecular weight excluding hydrogens is 480 g/mol. The zero-order chi connectivity index (χ0) is 24.4. The van der Waals surface area contributed by atoms with Gasteiger partial charge in [0.15, 0.2) is 0 Å². The first-order valence-corrected chi connectivity index (χ1v) is 15.5. The third-order valence-corrected chi connectivity index (χ3v) is 14.4. The first-order chi connectivity index (χ1) is 19.9. The van der Waals surface area contributed by atoms with Crippen LogP contribution in [0.1, 0.15) is 45.9 Å². The molecule has 0 aliphatic heterocycles. The zero-order valence-corrected chi connectivity index (χ0v) is 21.4. The van der Waals surface area contributed by atoms with Crippen LogP contribution >= 0.6 is 0 Å². The van der Waals surface area contributed by atoms with Gasteiger partial charge < -0.3 is 0 Å². The van der Waals surface area contributed by atoms with Crippen molar-refractivity contribution in [3.05, 3.63) is 88.2 Å². The summed E-state index contributed by atoms with van der Waals surface area (Å²) in [6.07, 6.45) is 10.8. The normalized spacial score (nSPS) is 34.8. The van der Waals surface area contributed by atoms with Crippen LogP contribution in [0.25, 0.3) is 91.8 Å². The van der Waals surface area contributed by atoms with Crippen LogP contribution in [-0.2, 0) is 0 Å². The Labute approximate surface area is 226 Å². The van der Waals surface area contributed by atoms with E-state index in [1.165, 1.54) is 21.5 Å². The summed E-state index contributed by atoms with van der Waals surface area (Å²) in [5, 5.41) is 27.6. The van der Waals surface area contributed by atoms with Crippen LogP contribution in [0, 0.1) is 23.7 Å². The molecule has 1 fully saturated rings. The van der Waals surface area contributed by atoms with E-state index < -0.39 is 0 Å². The molecule has 0 nitrogen and oxygen atoms in total. The largest absolute Gasteiger partial charge is 0.0836 e. The zero-order valence-electron chi connectivity index (χ0n) is 21.4. The summed E-state index contributed by atoms with van der Waals surface area (Å²) < 4.78 is 0. The second kappa shape index (κ2) is 4.34. The Kier molecular flexibility index (Phi) is 1.83. The molecule has 7 aliphatic rings. The smallest absolute Gasteiger partial charge is 0.00995 e. The Bertz CT molecular complexity index is 2760. The quantitative estimate of drug-likeness (QED) is 0.145. The molecule has 8 atom stereocenters. The van der Waals surface area contributed by atoms with Crippen LogP contribution in [0.2, 0.25) is 0 Å². The summed E-state index contributed by atoms with van der Waals surface area (Å²) >= 11 is 0. The first-order valence-electron chi connectivity index (χ1n) is 15.5. The van der Waals surface area contributed by atoms with Crippen LogP contribution in [0.4, 0.5) is 0 Å². The van der Waals surface area contributed by atoms with Gasteiger partial charge in [0, 0.05) is 23.7 Å². The SMILES string of the molecule is C1=CC2C3C=CC4c5ccc6c7ccc8c9ccc%10c%11c%12c%13c%14c%15c(c5c6c5c%15c%13c(c%119)c8c75)C4C3C=%14C2C%12C1%10. The number of hydrogen-bond donors (Lipinski definition) is 0. The van der Waals surface area contributed by atoms with E-state index in [0.717, 1.165) is 0 Å². The lowest BCUT2D eigenvalue weighted by Gasteiger charge is -2.39. The van der Waals surface area contributed by atoms with Crippen molar-refractivity contribution in [3.8, 4) is 0 Å². The molecule has 0 bridgehead atoms. The second-order valence-electron chi connectivity index (χ2n) is 14.8. The third kappa shape index (κ3) is 1.12. The second-order valence-corrected chi connectivity index (χ2v) is 14.8. The summed E-state index contributed by atoms with van der Waals surface area (Å²) in [5.74, 6) is 5.07. The van der Waals surface area contributed by atoms with Crippen LogP contribution in [0.3, 0.4) is 0 Å². The predicted molar refractivity (Wildman–Crippen MR) is 164 cm³/mol. The van der Waals surface area contributed by atoms with Crippen molar-refractivity contribution in [3.63, 3.8) is 0 Å². The van der Waals surface area contributed by atoms with Crippen molar-refractivity contribution in [1.82, 2.24) is 0 Å². The molecule has 7 aliphatic carbocycles. The minimum atomic E-state index is 0.550. The van der Waals surface area contributed by atoms with E-state index in [4.69, 9.17) is 0 Å². The maximum absolute atomic E-state index is 2.71. The van der Waals surface area contributed by atoms with Gasteiger partial charge in [0.25, 0.3) is 0 Å². The standard InChI is InChI=1S/C40H18/c1-2-12-14-5-6-16-18-9-10-20-19-8-7-17-15-4-3-13-11(1)21-22(12)32-24(14)26(16)34-29(18)30(20)35-28(19)27(17)33-25(15)23(13)31(21)36-37(32)39(34)40(35)38(33)36/h1-13,15,21-23,25H. The minimum absolute atomic E-state index is 0.550.